The highest BCUT2D eigenvalue weighted by atomic mass is 16.1. The molecule has 1 aromatic rings. The molecule has 0 saturated carbocycles. The van der Waals surface area contributed by atoms with Crippen LogP contribution < -0.4 is 11.1 Å². The molecule has 0 aromatic heterocycles. The third-order valence-corrected chi connectivity index (χ3v) is 3.08. The number of nitrogen functional groups attached to an aromatic ring is 1. The van der Waals surface area contributed by atoms with Crippen LogP contribution in [0, 0.1) is 19.8 Å². The van der Waals surface area contributed by atoms with Crippen molar-refractivity contribution in [1.82, 2.24) is 0 Å². The SMILES string of the molecule is CCC(C)C(=O)Nc1c(N)ccc(C)c1C. The molecule has 88 valence electrons. The quantitative estimate of drug-likeness (QED) is 0.769. The van der Waals surface area contributed by atoms with Crippen molar-refractivity contribution in [3.8, 4) is 0 Å². The molecule has 3 heteroatoms. The van der Waals surface area contributed by atoms with Crippen LogP contribution >= 0.6 is 0 Å². The third kappa shape index (κ3) is 2.54. The minimum Gasteiger partial charge on any atom is -0.397 e. The van der Waals surface area contributed by atoms with E-state index in [1.54, 1.807) is 0 Å². The predicted octanol–water partition coefficient (Wildman–Crippen LogP) is 2.87. The van der Waals surface area contributed by atoms with E-state index in [0.29, 0.717) is 5.69 Å². The van der Waals surface area contributed by atoms with Gasteiger partial charge in [0.2, 0.25) is 5.91 Å². The molecule has 0 saturated heterocycles. The van der Waals surface area contributed by atoms with Crippen LogP contribution in [0.3, 0.4) is 0 Å². The molecule has 0 aliphatic rings. The minimum atomic E-state index is 0.0133. The predicted molar refractivity (Wildman–Crippen MR) is 68.4 cm³/mol. The van der Waals surface area contributed by atoms with E-state index in [0.717, 1.165) is 23.2 Å². The lowest BCUT2D eigenvalue weighted by atomic mass is 10.0. The zero-order chi connectivity index (χ0) is 12.3. The van der Waals surface area contributed by atoms with Gasteiger partial charge in [0, 0.05) is 5.92 Å². The van der Waals surface area contributed by atoms with Gasteiger partial charge in [-0.3, -0.25) is 4.79 Å². The number of rotatable bonds is 3. The molecule has 0 spiro atoms. The largest absolute Gasteiger partial charge is 0.397 e. The molecule has 1 rings (SSSR count). The lowest BCUT2D eigenvalue weighted by Crippen LogP contribution is -2.21. The summed E-state index contributed by atoms with van der Waals surface area (Å²) in [6.07, 6.45) is 0.830. The average Bonchev–Trinajstić information content (AvgIpc) is 2.28. The van der Waals surface area contributed by atoms with Gasteiger partial charge in [0.15, 0.2) is 0 Å². The number of aryl methyl sites for hydroxylation is 1. The Balaban J connectivity index is 2.97. The fourth-order valence-corrected chi connectivity index (χ4v) is 1.43. The summed E-state index contributed by atoms with van der Waals surface area (Å²) >= 11 is 0. The van der Waals surface area contributed by atoms with Crippen LogP contribution in [0.15, 0.2) is 12.1 Å². The summed E-state index contributed by atoms with van der Waals surface area (Å²) in [5.41, 5.74) is 9.42. The highest BCUT2D eigenvalue weighted by Gasteiger charge is 2.14. The first-order valence-electron chi connectivity index (χ1n) is 5.63. The summed E-state index contributed by atoms with van der Waals surface area (Å²) in [6.45, 7) is 7.89. The normalized spacial score (nSPS) is 12.2. The molecule has 1 unspecified atom stereocenters. The number of nitrogens with one attached hydrogen (secondary N) is 1. The number of amides is 1. The van der Waals surface area contributed by atoms with E-state index in [-0.39, 0.29) is 11.8 Å². The molecule has 1 amide bonds. The van der Waals surface area contributed by atoms with Gasteiger partial charge in [-0.05, 0) is 37.5 Å². The van der Waals surface area contributed by atoms with Crippen molar-refractivity contribution in [2.45, 2.75) is 34.1 Å². The van der Waals surface area contributed by atoms with Crippen molar-refractivity contribution in [3.05, 3.63) is 23.3 Å². The molecule has 0 aliphatic carbocycles. The first-order valence-corrected chi connectivity index (χ1v) is 5.63. The van der Waals surface area contributed by atoms with Crippen LogP contribution in [-0.2, 0) is 4.79 Å². The van der Waals surface area contributed by atoms with E-state index >= 15 is 0 Å². The van der Waals surface area contributed by atoms with E-state index < -0.39 is 0 Å². The molecule has 1 atom stereocenters. The van der Waals surface area contributed by atoms with E-state index in [4.69, 9.17) is 5.73 Å². The Bertz CT molecular complexity index is 399. The summed E-state index contributed by atoms with van der Waals surface area (Å²) in [7, 11) is 0. The van der Waals surface area contributed by atoms with Crippen LogP contribution in [0.2, 0.25) is 0 Å². The number of anilines is 2. The van der Waals surface area contributed by atoms with Gasteiger partial charge in [-0.15, -0.1) is 0 Å². The van der Waals surface area contributed by atoms with Crippen LogP contribution in [-0.4, -0.2) is 5.91 Å². The highest BCUT2D eigenvalue weighted by Crippen LogP contribution is 2.26. The molecule has 16 heavy (non-hydrogen) atoms. The lowest BCUT2D eigenvalue weighted by Gasteiger charge is -2.15. The van der Waals surface area contributed by atoms with Crippen molar-refractivity contribution in [3.63, 3.8) is 0 Å². The van der Waals surface area contributed by atoms with Gasteiger partial charge in [-0.2, -0.15) is 0 Å². The van der Waals surface area contributed by atoms with Gasteiger partial charge in [0.25, 0.3) is 0 Å². The minimum absolute atomic E-state index is 0.0133. The highest BCUT2D eigenvalue weighted by molar-refractivity contribution is 5.96. The Hall–Kier alpha value is -1.51. The number of carbonyl (C=O) groups excluding carboxylic acids is 1. The standard InChI is InChI=1S/C13H20N2O/c1-5-8(2)13(16)15-12-10(4)9(3)6-7-11(12)14/h6-8H,5,14H2,1-4H3,(H,15,16). The zero-order valence-electron chi connectivity index (χ0n) is 10.4. The molecule has 0 heterocycles. The third-order valence-electron chi connectivity index (χ3n) is 3.08. The first kappa shape index (κ1) is 12.6. The smallest absolute Gasteiger partial charge is 0.227 e. The summed E-state index contributed by atoms with van der Waals surface area (Å²) in [5, 5.41) is 2.91. The fraction of sp³-hybridized carbons (Fsp3) is 0.462. The van der Waals surface area contributed by atoms with E-state index in [1.807, 2.05) is 39.8 Å². The number of carbonyl (C=O) groups is 1. The molecule has 0 aliphatic heterocycles. The van der Waals surface area contributed by atoms with Gasteiger partial charge in [-0.25, -0.2) is 0 Å². The molecule has 3 N–H and O–H groups in total. The number of benzene rings is 1. The van der Waals surface area contributed by atoms with Gasteiger partial charge >= 0.3 is 0 Å². The number of hydrogen-bond donors (Lipinski definition) is 2. The molecular formula is C13H20N2O. The second-order valence-electron chi connectivity index (χ2n) is 4.27. The van der Waals surface area contributed by atoms with E-state index in [2.05, 4.69) is 5.32 Å². The fourth-order valence-electron chi connectivity index (χ4n) is 1.43. The van der Waals surface area contributed by atoms with Crippen molar-refractivity contribution in [2.24, 2.45) is 5.92 Å². The van der Waals surface area contributed by atoms with E-state index in [9.17, 15) is 4.79 Å². The zero-order valence-corrected chi connectivity index (χ0v) is 10.4. The van der Waals surface area contributed by atoms with Crippen molar-refractivity contribution < 1.29 is 4.79 Å². The van der Waals surface area contributed by atoms with Gasteiger partial charge in [0.1, 0.15) is 0 Å². The molecule has 0 fully saturated rings. The monoisotopic (exact) mass is 220 g/mol. The van der Waals surface area contributed by atoms with Crippen LogP contribution in [0.1, 0.15) is 31.4 Å². The Kier molecular flexibility index (Phi) is 3.93. The van der Waals surface area contributed by atoms with Crippen molar-refractivity contribution in [2.75, 3.05) is 11.1 Å². The Morgan fingerprint density at radius 3 is 2.62 bits per heavy atom. The Labute approximate surface area is 97.0 Å². The maximum Gasteiger partial charge on any atom is 0.227 e. The maximum absolute atomic E-state index is 11.8. The molecule has 0 radical (unpaired) electrons. The topological polar surface area (TPSA) is 55.1 Å². The summed E-state index contributed by atoms with van der Waals surface area (Å²) in [5.74, 6) is 0.0437. The van der Waals surface area contributed by atoms with E-state index in [1.165, 1.54) is 0 Å². The maximum atomic E-state index is 11.8. The van der Waals surface area contributed by atoms with Crippen LogP contribution in [0.25, 0.3) is 0 Å². The summed E-state index contributed by atoms with van der Waals surface area (Å²) < 4.78 is 0. The van der Waals surface area contributed by atoms with Crippen molar-refractivity contribution in [1.29, 1.82) is 0 Å². The Morgan fingerprint density at radius 1 is 1.44 bits per heavy atom. The second-order valence-corrected chi connectivity index (χ2v) is 4.27. The lowest BCUT2D eigenvalue weighted by molar-refractivity contribution is -0.119. The molecule has 1 aromatic carbocycles. The average molecular weight is 220 g/mol. The second kappa shape index (κ2) is 5.01. The molecule has 3 nitrogen and oxygen atoms in total. The van der Waals surface area contributed by atoms with Gasteiger partial charge < -0.3 is 11.1 Å². The number of nitrogens with two attached hydrogens (primary N) is 1. The summed E-state index contributed by atoms with van der Waals surface area (Å²) in [4.78, 5) is 11.8. The molecular weight excluding hydrogens is 200 g/mol. The first-order chi connectivity index (χ1) is 7.47. The van der Waals surface area contributed by atoms with Crippen LogP contribution in [0.5, 0.6) is 0 Å². The van der Waals surface area contributed by atoms with Crippen molar-refractivity contribution >= 4 is 17.3 Å². The molecule has 0 bridgehead atoms. The van der Waals surface area contributed by atoms with Gasteiger partial charge in [0.05, 0.1) is 11.4 Å². The Morgan fingerprint density at radius 2 is 2.06 bits per heavy atom. The number of hydrogen-bond acceptors (Lipinski definition) is 2. The summed E-state index contributed by atoms with van der Waals surface area (Å²) in [6, 6.07) is 3.79. The van der Waals surface area contributed by atoms with Crippen LogP contribution in [0.4, 0.5) is 11.4 Å². The van der Waals surface area contributed by atoms with Gasteiger partial charge in [-0.1, -0.05) is 19.9 Å².